The minimum Gasteiger partial charge on any atom is -0.352 e. The molecule has 0 saturated carbocycles. The molecule has 7 N–H and O–H groups in total. The zero-order chi connectivity index (χ0) is 36.6. The summed E-state index contributed by atoms with van der Waals surface area (Å²) in [5.41, 5.74) is 13.8. The van der Waals surface area contributed by atoms with Crippen LogP contribution in [-0.2, 0) is 32.0 Å². The number of amides is 4. The van der Waals surface area contributed by atoms with Gasteiger partial charge in [-0.3, -0.25) is 24.2 Å². The average molecular weight is 700 g/mol. The summed E-state index contributed by atoms with van der Waals surface area (Å²) >= 11 is 0. The number of nitrogens with zero attached hydrogens (tertiary/aromatic N) is 4. The van der Waals surface area contributed by atoms with Crippen molar-refractivity contribution in [2.75, 3.05) is 37.6 Å². The minimum absolute atomic E-state index is 0.0445. The van der Waals surface area contributed by atoms with Gasteiger partial charge in [-0.15, -0.1) is 0 Å². The van der Waals surface area contributed by atoms with Crippen molar-refractivity contribution in [2.24, 2.45) is 17.4 Å². The lowest BCUT2D eigenvalue weighted by Gasteiger charge is -2.37. The molecule has 0 aliphatic carbocycles. The summed E-state index contributed by atoms with van der Waals surface area (Å²) in [4.78, 5) is 67.4. The Morgan fingerprint density at radius 1 is 0.745 bits per heavy atom. The number of anilines is 1. The molecule has 2 heterocycles. The standard InChI is InChI=1S/C38H53N9O4/c1-27(2)23-32(36(49)43-31(15-9-10-16-39)38(51)47-21-19-46(20-22-47)34-26-41-17-18-42-34)45-37(50)33(25-29-13-7-4-8-14-29)44-35(48)30(40)24-28-11-5-3-6-12-28/h3-8,11-14,17-18,26-27,30-33H,9-10,15-16,19-25,39-40H2,1-2H3,(H,43,49)(H,44,48)(H,45,50)/t30-,31-,32-,33-/m1/s1. The molecule has 4 atom stereocenters. The van der Waals surface area contributed by atoms with Gasteiger partial charge in [-0.1, -0.05) is 74.5 Å². The zero-order valence-electron chi connectivity index (χ0n) is 29.7. The first-order chi connectivity index (χ1) is 24.6. The molecule has 0 bridgehead atoms. The highest BCUT2D eigenvalue weighted by Crippen LogP contribution is 2.15. The Morgan fingerprint density at radius 2 is 1.33 bits per heavy atom. The van der Waals surface area contributed by atoms with Gasteiger partial charge in [0.1, 0.15) is 23.9 Å². The predicted molar refractivity (Wildman–Crippen MR) is 197 cm³/mol. The number of nitrogens with two attached hydrogens (primary N) is 2. The van der Waals surface area contributed by atoms with Crippen molar-refractivity contribution in [3.05, 3.63) is 90.4 Å². The maximum absolute atomic E-state index is 13.9. The van der Waals surface area contributed by atoms with E-state index in [0.717, 1.165) is 16.9 Å². The number of benzene rings is 2. The molecule has 1 aliphatic rings. The van der Waals surface area contributed by atoms with Gasteiger partial charge in [0.2, 0.25) is 23.6 Å². The molecule has 1 fully saturated rings. The lowest BCUT2D eigenvalue weighted by Crippen LogP contribution is -2.59. The van der Waals surface area contributed by atoms with Crippen molar-refractivity contribution >= 4 is 29.4 Å². The molecule has 13 nitrogen and oxygen atoms in total. The Morgan fingerprint density at radius 3 is 1.92 bits per heavy atom. The summed E-state index contributed by atoms with van der Waals surface area (Å²) < 4.78 is 0. The SMILES string of the molecule is CC(C)C[C@@H](NC(=O)[C@@H](Cc1ccccc1)NC(=O)[C@H](N)Cc1ccccc1)C(=O)N[C@H](CCCCN)C(=O)N1CCN(c2cnccn2)CC1. The van der Waals surface area contributed by atoms with Crippen LogP contribution in [0.3, 0.4) is 0 Å². The van der Waals surface area contributed by atoms with Crippen LogP contribution < -0.4 is 32.3 Å². The van der Waals surface area contributed by atoms with Gasteiger partial charge in [0, 0.05) is 45.0 Å². The first kappa shape index (κ1) is 38.9. The second kappa shape index (κ2) is 20.1. The molecule has 0 unspecified atom stereocenters. The number of aromatic nitrogens is 2. The zero-order valence-corrected chi connectivity index (χ0v) is 29.7. The number of piperazine rings is 1. The normalized spacial score (nSPS) is 15.4. The highest BCUT2D eigenvalue weighted by Gasteiger charge is 2.33. The molecule has 51 heavy (non-hydrogen) atoms. The van der Waals surface area contributed by atoms with Crippen molar-refractivity contribution < 1.29 is 19.2 Å². The molecule has 0 spiro atoms. The molecule has 1 aliphatic heterocycles. The molecule has 4 rings (SSSR count). The van der Waals surface area contributed by atoms with Crippen molar-refractivity contribution in [1.29, 1.82) is 0 Å². The van der Waals surface area contributed by atoms with Gasteiger partial charge in [0.05, 0.1) is 12.2 Å². The first-order valence-corrected chi connectivity index (χ1v) is 17.9. The monoisotopic (exact) mass is 699 g/mol. The summed E-state index contributed by atoms with van der Waals surface area (Å²) in [6.45, 7) is 6.50. The number of rotatable bonds is 18. The molecule has 13 heteroatoms. The quantitative estimate of drug-likeness (QED) is 0.123. The third kappa shape index (κ3) is 12.4. The van der Waals surface area contributed by atoms with Crippen LogP contribution in [0.15, 0.2) is 79.3 Å². The van der Waals surface area contributed by atoms with E-state index in [9.17, 15) is 19.2 Å². The maximum Gasteiger partial charge on any atom is 0.245 e. The molecule has 1 aromatic heterocycles. The minimum atomic E-state index is -0.989. The average Bonchev–Trinajstić information content (AvgIpc) is 3.14. The van der Waals surface area contributed by atoms with E-state index >= 15 is 0 Å². The van der Waals surface area contributed by atoms with Gasteiger partial charge in [-0.25, -0.2) is 4.98 Å². The Hall–Kier alpha value is -4.88. The van der Waals surface area contributed by atoms with Crippen LogP contribution in [0, 0.1) is 5.92 Å². The highest BCUT2D eigenvalue weighted by molar-refractivity contribution is 5.95. The molecule has 0 radical (unpaired) electrons. The van der Waals surface area contributed by atoms with Gasteiger partial charge in [-0.05, 0) is 55.7 Å². The Kier molecular flexibility index (Phi) is 15.3. The van der Waals surface area contributed by atoms with Gasteiger partial charge < -0.3 is 37.2 Å². The highest BCUT2D eigenvalue weighted by atomic mass is 16.2. The van der Waals surface area contributed by atoms with E-state index < -0.39 is 41.9 Å². The molecular formula is C38H53N9O4. The van der Waals surface area contributed by atoms with E-state index in [-0.39, 0.29) is 18.2 Å². The van der Waals surface area contributed by atoms with Gasteiger partial charge in [0.25, 0.3) is 0 Å². The molecule has 3 aromatic rings. The molecule has 274 valence electrons. The largest absolute Gasteiger partial charge is 0.352 e. The molecular weight excluding hydrogens is 646 g/mol. The summed E-state index contributed by atoms with van der Waals surface area (Å²) in [5.74, 6) is -0.800. The van der Waals surface area contributed by atoms with Crippen molar-refractivity contribution in [2.45, 2.75) is 76.5 Å². The second-order valence-corrected chi connectivity index (χ2v) is 13.5. The van der Waals surface area contributed by atoms with Gasteiger partial charge in [-0.2, -0.15) is 0 Å². The topological polar surface area (TPSA) is 189 Å². The maximum atomic E-state index is 13.9. The number of hydrogen-bond donors (Lipinski definition) is 5. The van der Waals surface area contributed by atoms with Crippen LogP contribution in [0.5, 0.6) is 0 Å². The number of carbonyl (C=O) groups excluding carboxylic acids is 4. The first-order valence-electron chi connectivity index (χ1n) is 17.9. The summed E-state index contributed by atoms with van der Waals surface area (Å²) in [6.07, 6.45) is 7.58. The lowest BCUT2D eigenvalue weighted by molar-refractivity contribution is -0.138. The van der Waals surface area contributed by atoms with Crippen LogP contribution >= 0.6 is 0 Å². The fourth-order valence-corrected chi connectivity index (χ4v) is 6.13. The Labute approximate surface area is 301 Å². The number of nitrogens with one attached hydrogen (secondary N) is 3. The summed E-state index contributed by atoms with van der Waals surface area (Å²) in [5, 5.41) is 8.72. The van der Waals surface area contributed by atoms with E-state index in [1.54, 1.807) is 23.5 Å². The van der Waals surface area contributed by atoms with Crippen molar-refractivity contribution in [3.8, 4) is 0 Å². The van der Waals surface area contributed by atoms with E-state index in [0.29, 0.717) is 64.8 Å². The van der Waals surface area contributed by atoms with Crippen LogP contribution in [0.25, 0.3) is 0 Å². The van der Waals surface area contributed by atoms with Crippen molar-refractivity contribution in [1.82, 2.24) is 30.8 Å². The molecule has 2 aromatic carbocycles. The Balaban J connectivity index is 1.45. The van der Waals surface area contributed by atoms with Crippen molar-refractivity contribution in [3.63, 3.8) is 0 Å². The summed E-state index contributed by atoms with van der Waals surface area (Å²) in [6, 6.07) is 15.2. The fourth-order valence-electron chi connectivity index (χ4n) is 6.13. The predicted octanol–water partition coefficient (Wildman–Crippen LogP) is 1.57. The van der Waals surface area contributed by atoms with Crippen LogP contribution in [-0.4, -0.2) is 95.4 Å². The third-order valence-corrected chi connectivity index (χ3v) is 8.92. The summed E-state index contributed by atoms with van der Waals surface area (Å²) in [7, 11) is 0. The van der Waals surface area contributed by atoms with E-state index in [1.165, 1.54) is 0 Å². The Bertz CT molecular complexity index is 1520. The second-order valence-electron chi connectivity index (χ2n) is 13.5. The van der Waals surface area contributed by atoms with E-state index in [1.807, 2.05) is 74.5 Å². The number of carbonyl (C=O) groups is 4. The van der Waals surface area contributed by atoms with Crippen LogP contribution in [0.4, 0.5) is 5.82 Å². The number of unbranched alkanes of at least 4 members (excludes halogenated alkanes) is 1. The molecule has 4 amide bonds. The third-order valence-electron chi connectivity index (χ3n) is 8.92. The van der Waals surface area contributed by atoms with Crippen LogP contribution in [0.1, 0.15) is 50.7 Å². The van der Waals surface area contributed by atoms with E-state index in [4.69, 9.17) is 11.5 Å². The van der Waals surface area contributed by atoms with Crippen LogP contribution in [0.2, 0.25) is 0 Å². The van der Waals surface area contributed by atoms with Gasteiger partial charge >= 0.3 is 0 Å². The van der Waals surface area contributed by atoms with Gasteiger partial charge in [0.15, 0.2) is 0 Å². The number of hydrogen-bond acceptors (Lipinski definition) is 9. The lowest BCUT2D eigenvalue weighted by atomic mass is 9.99. The smallest absolute Gasteiger partial charge is 0.245 e. The fraction of sp³-hybridized carbons (Fsp3) is 0.474. The van der Waals surface area contributed by atoms with E-state index in [2.05, 4.69) is 30.8 Å². The molecule has 1 saturated heterocycles.